The van der Waals surface area contributed by atoms with Crippen molar-refractivity contribution in [2.24, 2.45) is 0 Å². The zero-order chi connectivity index (χ0) is 17.5. The lowest BCUT2D eigenvalue weighted by Gasteiger charge is -2.16. The molecule has 0 saturated heterocycles. The van der Waals surface area contributed by atoms with Gasteiger partial charge in [0, 0.05) is 0 Å². The van der Waals surface area contributed by atoms with Gasteiger partial charge >= 0.3 is 5.97 Å². The Balaban J connectivity index is 2.05. The Morgan fingerprint density at radius 3 is 2.58 bits per heavy atom. The molecule has 1 heterocycles. The van der Waals surface area contributed by atoms with Crippen LogP contribution in [-0.2, 0) is 9.53 Å². The van der Waals surface area contributed by atoms with Gasteiger partial charge in [-0.3, -0.25) is 10.1 Å². The van der Waals surface area contributed by atoms with Crippen LogP contribution in [0.3, 0.4) is 0 Å². The van der Waals surface area contributed by atoms with E-state index in [4.69, 9.17) is 9.47 Å². The van der Waals surface area contributed by atoms with E-state index in [1.807, 2.05) is 25.1 Å². The van der Waals surface area contributed by atoms with Crippen LogP contribution in [0.1, 0.15) is 35.6 Å². The van der Waals surface area contributed by atoms with Gasteiger partial charge in [-0.15, -0.1) is 0 Å². The van der Waals surface area contributed by atoms with Crippen LogP contribution in [-0.4, -0.2) is 29.6 Å². The van der Waals surface area contributed by atoms with Crippen molar-refractivity contribution in [1.82, 2.24) is 4.98 Å². The van der Waals surface area contributed by atoms with Crippen LogP contribution in [0, 0.1) is 6.92 Å². The number of hydrogen-bond donors (Lipinski definition) is 1. The number of aryl methyl sites for hydroxylation is 1. The number of carbonyl (C=O) groups is 2. The summed E-state index contributed by atoms with van der Waals surface area (Å²) in [6, 6.07) is 9.15. The summed E-state index contributed by atoms with van der Waals surface area (Å²) in [5.74, 6) is -0.104. The third-order valence-corrected chi connectivity index (χ3v) is 4.23. The zero-order valence-corrected chi connectivity index (χ0v) is 14.7. The first-order chi connectivity index (χ1) is 11.5. The molecule has 1 aromatic heterocycles. The molecule has 7 heteroatoms. The first-order valence-corrected chi connectivity index (χ1v) is 8.53. The molecular formula is C17H20N2O4S. The monoisotopic (exact) mass is 348 g/mol. The van der Waals surface area contributed by atoms with Gasteiger partial charge in [0.25, 0.3) is 5.91 Å². The standard InChI is InChI=1S/C17H20N2O4S/c1-4-13(23-12-9-7-6-8-10-12)15(20)19-17-18-11(3)14(24-17)16(21)22-5-2/h6-10,13H,4-5H2,1-3H3,(H,18,19,20). The van der Waals surface area contributed by atoms with E-state index in [9.17, 15) is 9.59 Å². The Labute approximate surface area is 144 Å². The summed E-state index contributed by atoms with van der Waals surface area (Å²) in [4.78, 5) is 28.8. The molecule has 24 heavy (non-hydrogen) atoms. The van der Waals surface area contributed by atoms with Crippen molar-refractivity contribution in [2.45, 2.75) is 33.3 Å². The summed E-state index contributed by atoms with van der Waals surface area (Å²) in [5.41, 5.74) is 0.533. The van der Waals surface area contributed by atoms with Gasteiger partial charge in [-0.25, -0.2) is 9.78 Å². The number of thiazole rings is 1. The summed E-state index contributed by atoms with van der Waals surface area (Å²) in [7, 11) is 0. The van der Waals surface area contributed by atoms with Crippen molar-refractivity contribution in [2.75, 3.05) is 11.9 Å². The maximum atomic E-state index is 12.4. The highest BCUT2D eigenvalue weighted by Crippen LogP contribution is 2.24. The number of carbonyl (C=O) groups excluding carboxylic acids is 2. The van der Waals surface area contributed by atoms with Crippen LogP contribution in [0.2, 0.25) is 0 Å². The van der Waals surface area contributed by atoms with Gasteiger partial charge in [0.15, 0.2) is 11.2 Å². The van der Waals surface area contributed by atoms with Gasteiger partial charge in [-0.2, -0.15) is 0 Å². The highest BCUT2D eigenvalue weighted by atomic mass is 32.1. The van der Waals surface area contributed by atoms with Crippen LogP contribution >= 0.6 is 11.3 Å². The van der Waals surface area contributed by atoms with Gasteiger partial charge in [0.1, 0.15) is 10.6 Å². The maximum Gasteiger partial charge on any atom is 0.350 e. The van der Waals surface area contributed by atoms with Gasteiger partial charge < -0.3 is 9.47 Å². The predicted molar refractivity (Wildman–Crippen MR) is 92.6 cm³/mol. The van der Waals surface area contributed by atoms with Crippen molar-refractivity contribution < 1.29 is 19.1 Å². The topological polar surface area (TPSA) is 77.5 Å². The fourth-order valence-electron chi connectivity index (χ4n) is 2.01. The predicted octanol–water partition coefficient (Wildman–Crippen LogP) is 3.42. The molecule has 1 atom stereocenters. The molecule has 2 aromatic rings. The molecule has 1 N–H and O–H groups in total. The largest absolute Gasteiger partial charge is 0.481 e. The van der Waals surface area contributed by atoms with Crippen molar-refractivity contribution in [3.05, 3.63) is 40.9 Å². The molecule has 0 aliphatic carbocycles. The highest BCUT2D eigenvalue weighted by Gasteiger charge is 2.22. The molecular weight excluding hydrogens is 328 g/mol. The van der Waals surface area contributed by atoms with E-state index in [1.165, 1.54) is 0 Å². The van der Waals surface area contributed by atoms with Crippen molar-refractivity contribution in [1.29, 1.82) is 0 Å². The number of rotatable bonds is 7. The second-order valence-corrected chi connectivity index (χ2v) is 5.97. The Morgan fingerprint density at radius 1 is 1.25 bits per heavy atom. The van der Waals surface area contributed by atoms with Crippen molar-refractivity contribution >= 4 is 28.3 Å². The molecule has 0 aliphatic rings. The molecule has 2 rings (SSSR count). The number of ether oxygens (including phenoxy) is 2. The molecule has 0 saturated carbocycles. The van der Waals surface area contributed by atoms with Gasteiger partial charge in [0.2, 0.25) is 0 Å². The number of aromatic nitrogens is 1. The molecule has 0 bridgehead atoms. The molecule has 0 fully saturated rings. The van der Waals surface area contributed by atoms with Crippen molar-refractivity contribution in [3.8, 4) is 5.75 Å². The minimum atomic E-state index is -0.636. The van der Waals surface area contributed by atoms with Gasteiger partial charge in [0.05, 0.1) is 12.3 Å². The average molecular weight is 348 g/mol. The first kappa shape index (κ1) is 17.9. The van der Waals surface area contributed by atoms with E-state index in [0.717, 1.165) is 11.3 Å². The second-order valence-electron chi connectivity index (χ2n) is 4.97. The molecule has 1 aromatic carbocycles. The first-order valence-electron chi connectivity index (χ1n) is 7.72. The normalized spacial score (nSPS) is 11.6. The quantitative estimate of drug-likeness (QED) is 0.776. The van der Waals surface area contributed by atoms with Crippen LogP contribution in [0.25, 0.3) is 0 Å². The smallest absolute Gasteiger partial charge is 0.350 e. The highest BCUT2D eigenvalue weighted by molar-refractivity contribution is 7.17. The summed E-state index contributed by atoms with van der Waals surface area (Å²) in [6.07, 6.45) is -0.127. The number of esters is 1. The molecule has 0 radical (unpaired) electrons. The Kier molecular flexibility index (Phi) is 6.31. The van der Waals surface area contributed by atoms with Crippen LogP contribution in [0.4, 0.5) is 5.13 Å². The number of benzene rings is 1. The van der Waals surface area contributed by atoms with Crippen LogP contribution in [0.5, 0.6) is 5.75 Å². The lowest BCUT2D eigenvalue weighted by molar-refractivity contribution is -0.122. The number of hydrogen-bond acceptors (Lipinski definition) is 6. The third kappa shape index (κ3) is 4.55. The zero-order valence-electron chi connectivity index (χ0n) is 13.9. The molecule has 1 amide bonds. The number of para-hydroxylation sites is 1. The second kappa shape index (κ2) is 8.44. The van der Waals surface area contributed by atoms with Crippen molar-refractivity contribution in [3.63, 3.8) is 0 Å². The van der Waals surface area contributed by atoms with E-state index in [-0.39, 0.29) is 5.91 Å². The van der Waals surface area contributed by atoms with E-state index < -0.39 is 12.1 Å². The minimum Gasteiger partial charge on any atom is -0.481 e. The van der Waals surface area contributed by atoms with E-state index in [0.29, 0.717) is 34.5 Å². The molecule has 0 spiro atoms. The van der Waals surface area contributed by atoms with Crippen LogP contribution in [0.15, 0.2) is 30.3 Å². The van der Waals surface area contributed by atoms with Gasteiger partial charge in [-0.05, 0) is 32.4 Å². The number of nitrogens with zero attached hydrogens (tertiary/aromatic N) is 1. The SMILES string of the molecule is CCOC(=O)c1sc(NC(=O)C(CC)Oc2ccccc2)nc1C. The summed E-state index contributed by atoms with van der Waals surface area (Å²) in [6.45, 7) is 5.60. The molecule has 128 valence electrons. The van der Waals surface area contributed by atoms with Gasteiger partial charge in [-0.1, -0.05) is 36.5 Å². The maximum absolute atomic E-state index is 12.4. The summed E-state index contributed by atoms with van der Waals surface area (Å²) in [5, 5.41) is 3.06. The Morgan fingerprint density at radius 2 is 1.96 bits per heavy atom. The fourth-order valence-corrected chi connectivity index (χ4v) is 2.87. The molecule has 6 nitrogen and oxygen atoms in total. The lowest BCUT2D eigenvalue weighted by Crippen LogP contribution is -2.32. The fraction of sp³-hybridized carbons (Fsp3) is 0.353. The molecule has 0 aliphatic heterocycles. The average Bonchev–Trinajstić information content (AvgIpc) is 2.94. The number of amides is 1. The number of anilines is 1. The molecule has 1 unspecified atom stereocenters. The summed E-state index contributed by atoms with van der Waals surface area (Å²) >= 11 is 1.10. The Bertz CT molecular complexity index is 700. The van der Waals surface area contributed by atoms with E-state index in [2.05, 4.69) is 10.3 Å². The van der Waals surface area contributed by atoms with E-state index >= 15 is 0 Å². The Hall–Kier alpha value is -2.41. The third-order valence-electron chi connectivity index (χ3n) is 3.17. The van der Waals surface area contributed by atoms with Crippen LogP contribution < -0.4 is 10.1 Å². The lowest BCUT2D eigenvalue weighted by atomic mass is 10.2. The number of nitrogens with one attached hydrogen (secondary N) is 1. The van der Waals surface area contributed by atoms with E-state index in [1.54, 1.807) is 26.0 Å². The minimum absolute atomic E-state index is 0.292. The summed E-state index contributed by atoms with van der Waals surface area (Å²) < 4.78 is 10.7.